The summed E-state index contributed by atoms with van der Waals surface area (Å²) < 4.78 is 3.60. The maximum atomic E-state index is 10.4. The van der Waals surface area contributed by atoms with Crippen LogP contribution in [0.5, 0.6) is 0 Å². The maximum absolute atomic E-state index is 10.4. The largest absolute Gasteiger partial charge is 0.388 e. The molecule has 0 fully saturated rings. The van der Waals surface area contributed by atoms with E-state index in [4.69, 9.17) is 11.6 Å². The molecule has 0 aliphatic carbocycles. The summed E-state index contributed by atoms with van der Waals surface area (Å²) in [4.78, 5) is 0. The Morgan fingerprint density at radius 1 is 1.42 bits per heavy atom. The first-order valence-corrected chi connectivity index (χ1v) is 7.67. The number of benzene rings is 1. The number of nitrogens with zero attached hydrogens (tertiary/aromatic N) is 2. The average Bonchev–Trinajstić information content (AvgIpc) is 2.59. The fraction of sp³-hybridized carbons (Fsp3) is 0.308. The summed E-state index contributed by atoms with van der Waals surface area (Å²) in [7, 11) is 1.86. The van der Waals surface area contributed by atoms with Crippen LogP contribution in [0.2, 0.25) is 5.02 Å². The molecular formula is C13H13Br2ClN2O. The molecule has 0 radical (unpaired) electrons. The number of aliphatic hydroxyl groups is 1. The quantitative estimate of drug-likeness (QED) is 0.827. The zero-order chi connectivity index (χ0) is 14.2. The van der Waals surface area contributed by atoms with E-state index in [0.717, 1.165) is 20.3 Å². The number of rotatable bonds is 3. The van der Waals surface area contributed by atoms with Gasteiger partial charge in [0, 0.05) is 28.5 Å². The van der Waals surface area contributed by atoms with Crippen molar-refractivity contribution in [1.82, 2.24) is 9.78 Å². The van der Waals surface area contributed by atoms with Gasteiger partial charge in [0.25, 0.3) is 0 Å². The van der Waals surface area contributed by atoms with Crippen LogP contribution in [0.3, 0.4) is 0 Å². The van der Waals surface area contributed by atoms with Crippen LogP contribution in [-0.2, 0) is 13.5 Å². The highest BCUT2D eigenvalue weighted by Crippen LogP contribution is 2.31. The molecule has 0 saturated heterocycles. The van der Waals surface area contributed by atoms with Crippen molar-refractivity contribution >= 4 is 43.5 Å². The van der Waals surface area contributed by atoms with Gasteiger partial charge >= 0.3 is 0 Å². The first kappa shape index (κ1) is 15.0. The lowest BCUT2D eigenvalue weighted by Gasteiger charge is -2.13. The normalized spacial score (nSPS) is 12.7. The summed E-state index contributed by atoms with van der Waals surface area (Å²) in [5.41, 5.74) is 2.56. The second-order valence-corrected chi connectivity index (χ2v) is 6.47. The van der Waals surface area contributed by atoms with Crippen LogP contribution in [0.15, 0.2) is 27.1 Å². The van der Waals surface area contributed by atoms with Gasteiger partial charge in [0.2, 0.25) is 0 Å². The van der Waals surface area contributed by atoms with Crippen LogP contribution < -0.4 is 0 Å². The van der Waals surface area contributed by atoms with Gasteiger partial charge in [0.05, 0.1) is 22.0 Å². The molecule has 2 rings (SSSR count). The third kappa shape index (κ3) is 3.21. The predicted molar refractivity (Wildman–Crippen MR) is 83.5 cm³/mol. The molecule has 0 aliphatic heterocycles. The van der Waals surface area contributed by atoms with Crippen LogP contribution in [0.4, 0.5) is 0 Å². The summed E-state index contributed by atoms with van der Waals surface area (Å²) in [5, 5.41) is 15.2. The van der Waals surface area contributed by atoms with E-state index >= 15 is 0 Å². The van der Waals surface area contributed by atoms with E-state index in [9.17, 15) is 5.11 Å². The standard InChI is InChI=1S/C13H13Br2ClN2O/c1-7-13(15)11(18(2)17-7)6-12(19)9-5-8(14)3-4-10(9)16/h3-5,12,19H,6H2,1-2H3. The Morgan fingerprint density at radius 2 is 2.11 bits per heavy atom. The van der Waals surface area contributed by atoms with Crippen molar-refractivity contribution in [3.63, 3.8) is 0 Å². The van der Waals surface area contributed by atoms with E-state index in [0.29, 0.717) is 17.0 Å². The summed E-state index contributed by atoms with van der Waals surface area (Å²) in [5.74, 6) is 0. The molecule has 0 spiro atoms. The molecule has 3 nitrogen and oxygen atoms in total. The van der Waals surface area contributed by atoms with Crippen LogP contribution >= 0.6 is 43.5 Å². The van der Waals surface area contributed by atoms with Crippen LogP contribution in [0.25, 0.3) is 0 Å². The number of hydrogen-bond donors (Lipinski definition) is 1. The van der Waals surface area contributed by atoms with Crippen molar-refractivity contribution in [2.24, 2.45) is 7.05 Å². The van der Waals surface area contributed by atoms with E-state index in [1.807, 2.05) is 26.1 Å². The van der Waals surface area contributed by atoms with Gasteiger partial charge in [-0.15, -0.1) is 0 Å². The fourth-order valence-electron chi connectivity index (χ4n) is 1.96. The predicted octanol–water partition coefficient (Wildman–Crippen LogP) is 4.18. The number of hydrogen-bond acceptors (Lipinski definition) is 2. The summed E-state index contributed by atoms with van der Waals surface area (Å²) >= 11 is 13.0. The lowest BCUT2D eigenvalue weighted by Crippen LogP contribution is -2.07. The van der Waals surface area contributed by atoms with Crippen molar-refractivity contribution in [2.75, 3.05) is 0 Å². The Kier molecular flexibility index (Phi) is 4.71. The second-order valence-electron chi connectivity index (χ2n) is 4.36. The Morgan fingerprint density at radius 3 is 2.68 bits per heavy atom. The van der Waals surface area contributed by atoms with Crippen molar-refractivity contribution in [2.45, 2.75) is 19.4 Å². The smallest absolute Gasteiger partial charge is 0.0860 e. The molecule has 1 aromatic carbocycles. The van der Waals surface area contributed by atoms with Gasteiger partial charge in [-0.25, -0.2) is 0 Å². The van der Waals surface area contributed by atoms with Crippen molar-refractivity contribution in [3.8, 4) is 0 Å². The molecule has 1 unspecified atom stereocenters. The van der Waals surface area contributed by atoms with E-state index < -0.39 is 6.10 Å². The molecule has 1 aromatic heterocycles. The molecule has 1 atom stereocenters. The molecule has 1 N–H and O–H groups in total. The molecule has 0 aliphatic rings. The van der Waals surface area contributed by atoms with Gasteiger partial charge in [-0.3, -0.25) is 4.68 Å². The SMILES string of the molecule is Cc1nn(C)c(CC(O)c2cc(Br)ccc2Cl)c1Br. The topological polar surface area (TPSA) is 38.0 Å². The van der Waals surface area contributed by atoms with E-state index in [1.54, 1.807) is 10.7 Å². The lowest BCUT2D eigenvalue weighted by molar-refractivity contribution is 0.175. The molecular weight excluding hydrogens is 395 g/mol. The third-order valence-corrected chi connectivity index (χ3v) is 4.83. The van der Waals surface area contributed by atoms with Gasteiger partial charge < -0.3 is 5.11 Å². The van der Waals surface area contributed by atoms with E-state index in [1.165, 1.54) is 0 Å². The van der Waals surface area contributed by atoms with Crippen LogP contribution in [0.1, 0.15) is 23.1 Å². The minimum absolute atomic E-state index is 0.452. The van der Waals surface area contributed by atoms with Gasteiger partial charge in [0.15, 0.2) is 0 Å². The summed E-state index contributed by atoms with van der Waals surface area (Å²) in [6.45, 7) is 1.92. The molecule has 0 saturated carbocycles. The van der Waals surface area contributed by atoms with Crippen LogP contribution in [-0.4, -0.2) is 14.9 Å². The molecule has 0 bridgehead atoms. The number of halogens is 3. The van der Waals surface area contributed by atoms with E-state index in [-0.39, 0.29) is 0 Å². The van der Waals surface area contributed by atoms with Crippen molar-refractivity contribution < 1.29 is 5.11 Å². The van der Waals surface area contributed by atoms with E-state index in [2.05, 4.69) is 37.0 Å². The van der Waals surface area contributed by atoms with Gasteiger partial charge in [-0.05, 0) is 41.1 Å². The van der Waals surface area contributed by atoms with Crippen molar-refractivity contribution in [1.29, 1.82) is 0 Å². The molecule has 102 valence electrons. The molecule has 6 heteroatoms. The van der Waals surface area contributed by atoms with Crippen LogP contribution in [0, 0.1) is 6.92 Å². The maximum Gasteiger partial charge on any atom is 0.0860 e. The Labute approximate surface area is 133 Å². The summed E-state index contributed by atoms with van der Waals surface area (Å²) in [6.07, 6.45) is -0.218. The Balaban J connectivity index is 2.30. The molecule has 19 heavy (non-hydrogen) atoms. The number of aryl methyl sites for hydroxylation is 2. The average molecular weight is 409 g/mol. The first-order valence-electron chi connectivity index (χ1n) is 5.71. The lowest BCUT2D eigenvalue weighted by atomic mass is 10.0. The highest BCUT2D eigenvalue weighted by molar-refractivity contribution is 9.10. The third-order valence-electron chi connectivity index (χ3n) is 2.97. The highest BCUT2D eigenvalue weighted by Gasteiger charge is 2.18. The zero-order valence-corrected chi connectivity index (χ0v) is 14.4. The fourth-order valence-corrected chi connectivity index (χ4v) is 3.08. The molecule has 2 aromatic rings. The first-order chi connectivity index (χ1) is 8.90. The minimum Gasteiger partial charge on any atom is -0.388 e. The highest BCUT2D eigenvalue weighted by atomic mass is 79.9. The second kappa shape index (κ2) is 5.95. The Bertz CT molecular complexity index is 613. The van der Waals surface area contributed by atoms with Gasteiger partial charge in [-0.1, -0.05) is 27.5 Å². The molecule has 0 amide bonds. The van der Waals surface area contributed by atoms with Crippen molar-refractivity contribution in [3.05, 3.63) is 49.1 Å². The zero-order valence-electron chi connectivity index (χ0n) is 10.5. The van der Waals surface area contributed by atoms with Gasteiger partial charge in [0.1, 0.15) is 0 Å². The monoisotopic (exact) mass is 406 g/mol. The minimum atomic E-state index is -0.670. The number of aliphatic hydroxyl groups excluding tert-OH is 1. The van der Waals surface area contributed by atoms with Gasteiger partial charge in [-0.2, -0.15) is 5.10 Å². The summed E-state index contributed by atoms with van der Waals surface area (Å²) in [6, 6.07) is 5.46. The number of aromatic nitrogens is 2. The Hall–Kier alpha value is -0.360. The molecule has 1 heterocycles.